The zero-order valence-corrected chi connectivity index (χ0v) is 20.9. The van der Waals surface area contributed by atoms with Gasteiger partial charge in [0.15, 0.2) is 0 Å². The molecule has 2 aromatic heterocycles. The average Bonchev–Trinajstić information content (AvgIpc) is 3.14. The van der Waals surface area contributed by atoms with Crippen LogP contribution in [0.2, 0.25) is 0 Å². The van der Waals surface area contributed by atoms with Gasteiger partial charge in [0.2, 0.25) is 0 Å². The second-order valence-corrected chi connectivity index (χ2v) is 14.7. The first-order valence-corrected chi connectivity index (χ1v) is 13.7. The molecule has 11 heteroatoms. The number of benzene rings is 1. The number of carbonyl (C=O) groups excluding carboxylic acids is 1. The topological polar surface area (TPSA) is 94.3 Å². The summed E-state index contributed by atoms with van der Waals surface area (Å²) in [6.07, 6.45) is 3.53. The molecule has 0 saturated carbocycles. The molecule has 0 radical (unpaired) electrons. The summed E-state index contributed by atoms with van der Waals surface area (Å²) in [7, 11) is 3.55. The summed E-state index contributed by atoms with van der Waals surface area (Å²) in [5, 5.41) is 6.34. The number of nitrogens with zero attached hydrogens (tertiary/aromatic N) is 2. The van der Waals surface area contributed by atoms with Crippen LogP contribution in [0.1, 0.15) is 20.0 Å². The molecule has 31 heavy (non-hydrogen) atoms. The Morgan fingerprint density at radius 2 is 2.23 bits per heavy atom. The van der Waals surface area contributed by atoms with Crippen LogP contribution in [0, 0.1) is 5.82 Å². The van der Waals surface area contributed by atoms with E-state index in [0.29, 0.717) is 23.5 Å². The van der Waals surface area contributed by atoms with E-state index in [1.165, 1.54) is 13.2 Å². The molecule has 164 valence electrons. The number of pyridine rings is 1. The second kappa shape index (κ2) is 8.43. The van der Waals surface area contributed by atoms with Crippen LogP contribution in [0.15, 0.2) is 36.7 Å². The number of para-hydroxylation sites is 1. The van der Waals surface area contributed by atoms with E-state index in [1.54, 1.807) is 24.5 Å². The molecule has 1 aromatic carbocycles. The van der Waals surface area contributed by atoms with E-state index < -0.39 is 27.6 Å². The van der Waals surface area contributed by atoms with Gasteiger partial charge in [-0.15, -0.1) is 0 Å². The van der Waals surface area contributed by atoms with E-state index in [0.717, 1.165) is 22.6 Å². The first-order chi connectivity index (χ1) is 15.1. The minimum atomic E-state index is -0.470. The fourth-order valence-electron chi connectivity index (χ4n) is 3.69. The molecule has 2 aliphatic rings. The van der Waals surface area contributed by atoms with E-state index in [4.69, 9.17) is 4.74 Å². The van der Waals surface area contributed by atoms with Gasteiger partial charge in [0, 0.05) is 0 Å². The Labute approximate surface area is 199 Å². The van der Waals surface area contributed by atoms with Crippen LogP contribution in [-0.2, 0) is 0 Å². The van der Waals surface area contributed by atoms with Crippen LogP contribution in [-0.4, -0.2) is 37.9 Å². The van der Waals surface area contributed by atoms with Gasteiger partial charge in [0.25, 0.3) is 0 Å². The van der Waals surface area contributed by atoms with Gasteiger partial charge in [-0.1, -0.05) is 0 Å². The summed E-state index contributed by atoms with van der Waals surface area (Å²) in [6, 6.07) is 6.61. The van der Waals surface area contributed by atoms with E-state index >= 15 is 0 Å². The van der Waals surface area contributed by atoms with Crippen molar-refractivity contribution in [1.29, 1.82) is 0 Å². The van der Waals surface area contributed by atoms with Crippen LogP contribution in [0.25, 0.3) is 11.3 Å². The Balaban J connectivity index is 1.75. The number of hydrogen-bond donors (Lipinski definition) is 4. The van der Waals surface area contributed by atoms with Gasteiger partial charge in [-0.25, -0.2) is 0 Å². The zero-order chi connectivity index (χ0) is 21.5. The molecule has 2 bridgehead atoms. The van der Waals surface area contributed by atoms with Crippen molar-refractivity contribution in [2.45, 2.75) is 3.92 Å². The molecule has 0 aliphatic carbocycles. The summed E-state index contributed by atoms with van der Waals surface area (Å²) < 4.78 is 25.8. The first-order valence-electron chi connectivity index (χ1n) is 9.42. The van der Waals surface area contributed by atoms with Gasteiger partial charge in [0.05, 0.1) is 0 Å². The van der Waals surface area contributed by atoms with Crippen molar-refractivity contribution >= 4 is 23.0 Å². The molecule has 0 saturated heterocycles. The van der Waals surface area contributed by atoms with Crippen molar-refractivity contribution in [1.82, 2.24) is 16.6 Å². The number of hydrogen-bond acceptors (Lipinski definition) is 6. The SMILES string of the molecule is COc1c(F)cccc1Nc1c2[nH]c3c1C(=O)NC[C@H]3[I-]N(C)[I-]Nc1cnccc1-2. The number of H-pyrrole nitrogens is 1. The Morgan fingerprint density at radius 1 is 1.35 bits per heavy atom. The number of methoxy groups -OCH3 is 1. The normalized spacial score (nSPS) is 18.4. The number of amides is 1. The number of rotatable bonds is 3. The number of aromatic amines is 1. The third-order valence-electron chi connectivity index (χ3n) is 5.05. The number of carbonyl (C=O) groups is 1. The zero-order valence-electron chi connectivity index (χ0n) is 16.6. The molecule has 0 fully saturated rings. The molecular weight excluding hydrogens is 629 g/mol. The molecule has 0 spiro atoms. The van der Waals surface area contributed by atoms with Crippen molar-refractivity contribution in [3.05, 3.63) is 53.7 Å². The number of nitrogens with one attached hydrogen (secondary N) is 4. The van der Waals surface area contributed by atoms with E-state index in [9.17, 15) is 9.18 Å². The Bertz CT molecular complexity index is 1170. The number of alkyl halides is 1. The van der Waals surface area contributed by atoms with Gasteiger partial charge in [0.1, 0.15) is 0 Å². The second-order valence-electron chi connectivity index (χ2n) is 6.89. The van der Waals surface area contributed by atoms with Gasteiger partial charge in [-0.2, -0.15) is 0 Å². The predicted octanol–water partition coefficient (Wildman–Crippen LogP) is -2.97. The fourth-order valence-corrected chi connectivity index (χ4v) is 9.93. The van der Waals surface area contributed by atoms with Crippen molar-refractivity contribution in [3.63, 3.8) is 0 Å². The molecule has 3 aromatic rings. The molecule has 2 aliphatic heterocycles. The summed E-state index contributed by atoms with van der Waals surface area (Å²) in [5.74, 6) is -0.510. The maximum absolute atomic E-state index is 14.3. The van der Waals surface area contributed by atoms with E-state index in [2.05, 4.69) is 32.5 Å². The van der Waals surface area contributed by atoms with Crippen molar-refractivity contribution in [2.75, 3.05) is 29.5 Å². The van der Waals surface area contributed by atoms with Crippen LogP contribution in [0.4, 0.5) is 21.5 Å². The standard InChI is InChI=1S/C20H19FI2N6O2/c1-29-22-12-8-25-20(30)15-17(12)27-16(10-6-7-24-9-14(10)28-23-29)18(15)26-13-5-3-4-11(21)19(13)31-2/h3-7,9,12,26-28H,8H2,1-2H3,(H,25,30)/q-2/t12-/m1/s1. The van der Waals surface area contributed by atoms with Crippen molar-refractivity contribution in [3.8, 4) is 17.0 Å². The molecule has 8 nitrogen and oxygen atoms in total. The molecule has 1 atom stereocenters. The Hall–Kier alpha value is -2.13. The fraction of sp³-hybridized carbons (Fsp3) is 0.200. The summed E-state index contributed by atoms with van der Waals surface area (Å²) in [6.45, 7) is 0.610. The molecule has 0 unspecified atom stereocenters. The Kier molecular flexibility index (Phi) is 5.64. The quantitative estimate of drug-likeness (QED) is 0.138. The van der Waals surface area contributed by atoms with Gasteiger partial charge in [-0.05, 0) is 0 Å². The number of fused-ring (bicyclic) bond motifs is 3. The number of anilines is 3. The number of halogens is 3. The van der Waals surface area contributed by atoms with Crippen molar-refractivity contribution in [2.24, 2.45) is 0 Å². The van der Waals surface area contributed by atoms with Crippen molar-refractivity contribution < 1.29 is 57.2 Å². The van der Waals surface area contributed by atoms with E-state index in [-0.39, 0.29) is 37.1 Å². The Morgan fingerprint density at radius 3 is 3.06 bits per heavy atom. The third kappa shape index (κ3) is 3.71. The van der Waals surface area contributed by atoms with Gasteiger partial charge in [-0.3, -0.25) is 0 Å². The van der Waals surface area contributed by atoms with Gasteiger partial charge >= 0.3 is 201 Å². The summed E-state index contributed by atoms with van der Waals surface area (Å²) in [4.78, 5) is 20.8. The number of aromatic nitrogens is 2. The minimum absolute atomic E-state index is 0.103. The van der Waals surface area contributed by atoms with Crippen LogP contribution >= 0.6 is 0 Å². The maximum atomic E-state index is 14.3. The van der Waals surface area contributed by atoms with Crippen LogP contribution in [0.3, 0.4) is 0 Å². The monoisotopic (exact) mass is 648 g/mol. The van der Waals surface area contributed by atoms with E-state index in [1.807, 2.05) is 6.07 Å². The predicted molar refractivity (Wildman–Crippen MR) is 107 cm³/mol. The molecule has 5 rings (SSSR count). The summed E-state index contributed by atoms with van der Waals surface area (Å²) >= 11 is -0.782. The molecule has 1 amide bonds. The molecule has 4 heterocycles. The van der Waals surface area contributed by atoms with Crippen LogP contribution in [0.5, 0.6) is 5.75 Å². The van der Waals surface area contributed by atoms with Crippen LogP contribution < -0.4 is 62.1 Å². The molecule has 4 N–H and O–H groups in total. The third-order valence-corrected chi connectivity index (χ3v) is 11.7. The van der Waals surface area contributed by atoms with Gasteiger partial charge < -0.3 is 0 Å². The average molecular weight is 648 g/mol. The first kappa shape index (κ1) is 20.8. The summed E-state index contributed by atoms with van der Waals surface area (Å²) in [5.41, 5.74) is 5.17. The molecular formula is C20H19FI2N6O2-2. The number of ether oxygens (including phenoxy) is 1.